The molecule has 12 heteroatoms. The molecule has 2 amide bonds. The number of aryl methyl sites for hydroxylation is 3. The highest BCUT2D eigenvalue weighted by Gasteiger charge is 2.40. The topological polar surface area (TPSA) is 134 Å². The van der Waals surface area contributed by atoms with Gasteiger partial charge in [-0.1, -0.05) is 31.0 Å². The standard InChI is InChI=1S/C35H52N6O5S/c1-27-25-30(39-33(38-27)29-11-8-20-41(26-29)47(2,44)45)13-14-32(42)36-18-23-40-21-16-35(17-22-40)15-7-3-4-9-28-10-5-6-12-31(28)46-24-19-37-34(35)43/h5-6,10,12,25,29H,3-4,7-9,11,13-24,26H2,1-2H3,(H,36,42)(H,37,43). The minimum Gasteiger partial charge on any atom is -0.491 e. The number of aromatic nitrogens is 2. The number of piperidine rings is 2. The second kappa shape index (κ2) is 16.3. The zero-order valence-corrected chi connectivity index (χ0v) is 29.0. The van der Waals surface area contributed by atoms with Crippen molar-refractivity contribution < 1.29 is 22.7 Å². The van der Waals surface area contributed by atoms with Crippen molar-refractivity contribution in [2.24, 2.45) is 5.41 Å². The van der Waals surface area contributed by atoms with Crippen LogP contribution in [-0.2, 0) is 32.5 Å². The number of fused-ring (bicyclic) bond motifs is 1. The zero-order valence-electron chi connectivity index (χ0n) is 28.1. The molecule has 2 saturated heterocycles. The summed E-state index contributed by atoms with van der Waals surface area (Å²) in [6, 6.07) is 10.1. The Labute approximate surface area is 280 Å². The maximum atomic E-state index is 13.4. The maximum Gasteiger partial charge on any atom is 0.226 e. The van der Waals surface area contributed by atoms with Crippen LogP contribution in [0.15, 0.2) is 30.3 Å². The number of hydrogen-bond acceptors (Lipinski definition) is 8. The van der Waals surface area contributed by atoms with Crippen molar-refractivity contribution >= 4 is 21.8 Å². The van der Waals surface area contributed by atoms with E-state index in [1.54, 1.807) is 0 Å². The Balaban J connectivity index is 1.05. The summed E-state index contributed by atoms with van der Waals surface area (Å²) in [7, 11) is -3.25. The van der Waals surface area contributed by atoms with Crippen molar-refractivity contribution in [1.29, 1.82) is 0 Å². The van der Waals surface area contributed by atoms with Gasteiger partial charge in [0.1, 0.15) is 18.2 Å². The van der Waals surface area contributed by atoms with E-state index < -0.39 is 10.0 Å². The van der Waals surface area contributed by atoms with Crippen LogP contribution in [-0.4, -0.2) is 98.1 Å². The monoisotopic (exact) mass is 668 g/mol. The third-order valence-corrected chi connectivity index (χ3v) is 11.3. The van der Waals surface area contributed by atoms with Gasteiger partial charge in [0.25, 0.3) is 0 Å². The molecule has 3 aliphatic rings. The van der Waals surface area contributed by atoms with Gasteiger partial charge in [0.05, 0.1) is 18.2 Å². The SMILES string of the molecule is Cc1cc(CCC(=O)NCCN2CCC3(CCCCCc4ccccc4OCCNC3=O)CC2)nc(C2CCCN(S(C)(=O)=O)C2)n1. The molecular formula is C35H52N6O5S. The van der Waals surface area contributed by atoms with Crippen LogP contribution >= 0.6 is 0 Å². The lowest BCUT2D eigenvalue weighted by Gasteiger charge is -2.41. The number of ether oxygens (including phenoxy) is 1. The van der Waals surface area contributed by atoms with Gasteiger partial charge in [0, 0.05) is 49.9 Å². The van der Waals surface area contributed by atoms with E-state index >= 15 is 0 Å². The summed E-state index contributed by atoms with van der Waals surface area (Å²) in [5.74, 6) is 1.69. The second-order valence-electron chi connectivity index (χ2n) is 13.6. The summed E-state index contributed by atoms with van der Waals surface area (Å²) in [4.78, 5) is 37.9. The van der Waals surface area contributed by atoms with Crippen LogP contribution in [0.2, 0.25) is 0 Å². The van der Waals surface area contributed by atoms with Gasteiger partial charge in [-0.2, -0.15) is 0 Å². The highest BCUT2D eigenvalue weighted by molar-refractivity contribution is 7.88. The summed E-state index contributed by atoms with van der Waals surface area (Å²) < 4.78 is 31.7. The number of para-hydroxylation sites is 1. The van der Waals surface area contributed by atoms with E-state index in [1.165, 1.54) is 16.1 Å². The number of likely N-dealkylation sites (tertiary alicyclic amines) is 1. The third-order valence-electron chi connectivity index (χ3n) is 10.0. The molecule has 5 rings (SSSR count). The number of rotatable bonds is 8. The Kier molecular flexibility index (Phi) is 12.2. The Morgan fingerprint density at radius 1 is 1.09 bits per heavy atom. The van der Waals surface area contributed by atoms with E-state index in [0.717, 1.165) is 94.6 Å². The van der Waals surface area contributed by atoms with Crippen molar-refractivity contribution in [2.45, 2.75) is 83.5 Å². The normalized spacial score (nSPS) is 21.7. The molecule has 1 atom stereocenters. The van der Waals surface area contributed by atoms with Gasteiger partial charge >= 0.3 is 0 Å². The molecule has 0 bridgehead atoms. The predicted molar refractivity (Wildman–Crippen MR) is 182 cm³/mol. The molecule has 1 spiro atoms. The van der Waals surface area contributed by atoms with Crippen LogP contribution in [0, 0.1) is 12.3 Å². The first-order chi connectivity index (χ1) is 22.6. The average molecular weight is 669 g/mol. The summed E-state index contributed by atoms with van der Waals surface area (Å²) in [6.45, 7) is 6.81. The quantitative estimate of drug-likeness (QED) is 0.438. The molecule has 2 N–H and O–H groups in total. The van der Waals surface area contributed by atoms with Crippen molar-refractivity contribution in [3.63, 3.8) is 0 Å². The molecule has 11 nitrogen and oxygen atoms in total. The Morgan fingerprint density at radius 3 is 2.70 bits per heavy atom. The first-order valence-electron chi connectivity index (χ1n) is 17.4. The number of sulfonamides is 1. The molecule has 3 aliphatic heterocycles. The molecule has 1 aromatic carbocycles. The van der Waals surface area contributed by atoms with Crippen molar-refractivity contribution in [3.05, 3.63) is 53.1 Å². The average Bonchev–Trinajstić information content (AvgIpc) is 3.07. The van der Waals surface area contributed by atoms with Gasteiger partial charge in [-0.25, -0.2) is 22.7 Å². The molecule has 0 saturated carbocycles. The Bertz CT molecular complexity index is 1480. The fourth-order valence-corrected chi connectivity index (χ4v) is 8.13. The first kappa shape index (κ1) is 35.2. The van der Waals surface area contributed by atoms with Crippen LogP contribution in [0.25, 0.3) is 0 Å². The number of benzene rings is 1. The fraction of sp³-hybridized carbons (Fsp3) is 0.657. The van der Waals surface area contributed by atoms with Crippen LogP contribution in [0.3, 0.4) is 0 Å². The lowest BCUT2D eigenvalue weighted by molar-refractivity contribution is -0.134. The second-order valence-corrected chi connectivity index (χ2v) is 15.5. The summed E-state index contributed by atoms with van der Waals surface area (Å²) in [5, 5.41) is 6.24. The largest absolute Gasteiger partial charge is 0.491 e. The lowest BCUT2D eigenvalue weighted by atomic mass is 9.73. The molecule has 47 heavy (non-hydrogen) atoms. The zero-order chi connectivity index (χ0) is 33.3. The van der Waals surface area contributed by atoms with Gasteiger partial charge in [0.15, 0.2) is 0 Å². The molecule has 258 valence electrons. The number of carbonyl (C=O) groups is 2. The van der Waals surface area contributed by atoms with Crippen molar-refractivity contribution in [1.82, 2.24) is 29.8 Å². The molecular weight excluding hydrogens is 616 g/mol. The van der Waals surface area contributed by atoms with Crippen LogP contribution in [0.4, 0.5) is 0 Å². The number of nitrogens with zero attached hydrogens (tertiary/aromatic N) is 4. The van der Waals surface area contributed by atoms with Gasteiger partial charge in [0.2, 0.25) is 21.8 Å². The van der Waals surface area contributed by atoms with Crippen molar-refractivity contribution in [2.75, 3.05) is 58.7 Å². The molecule has 1 aromatic heterocycles. The number of amides is 2. The van der Waals surface area contributed by atoms with Gasteiger partial charge < -0.3 is 20.3 Å². The maximum absolute atomic E-state index is 13.4. The molecule has 0 aliphatic carbocycles. The minimum absolute atomic E-state index is 0.0174. The van der Waals surface area contributed by atoms with Crippen LogP contribution in [0.5, 0.6) is 5.75 Å². The molecule has 0 radical (unpaired) electrons. The lowest BCUT2D eigenvalue weighted by Crippen LogP contribution is -2.50. The van der Waals surface area contributed by atoms with Crippen LogP contribution < -0.4 is 15.4 Å². The Morgan fingerprint density at radius 2 is 1.89 bits per heavy atom. The highest BCUT2D eigenvalue weighted by Crippen LogP contribution is 2.37. The third kappa shape index (κ3) is 9.96. The van der Waals surface area contributed by atoms with E-state index in [9.17, 15) is 18.0 Å². The first-order valence-corrected chi connectivity index (χ1v) is 19.2. The highest BCUT2D eigenvalue weighted by atomic mass is 32.2. The molecule has 2 fully saturated rings. The predicted octanol–water partition coefficient (Wildman–Crippen LogP) is 3.37. The van der Waals surface area contributed by atoms with E-state index in [-0.39, 0.29) is 23.1 Å². The summed E-state index contributed by atoms with van der Waals surface area (Å²) >= 11 is 0. The van der Waals surface area contributed by atoms with Gasteiger partial charge in [-0.15, -0.1) is 0 Å². The number of carbonyl (C=O) groups excluding carboxylic acids is 2. The van der Waals surface area contributed by atoms with E-state index in [2.05, 4.69) is 32.7 Å². The van der Waals surface area contributed by atoms with E-state index in [1.807, 2.05) is 25.1 Å². The number of nitrogens with one attached hydrogen (secondary N) is 2. The Hall–Kier alpha value is -3.09. The molecule has 1 unspecified atom stereocenters. The molecule has 4 heterocycles. The van der Waals surface area contributed by atoms with Gasteiger partial charge in [-0.3, -0.25) is 9.59 Å². The molecule has 2 aromatic rings. The minimum atomic E-state index is -3.25. The number of hydrogen-bond donors (Lipinski definition) is 2. The van der Waals surface area contributed by atoms with Crippen LogP contribution in [0.1, 0.15) is 86.5 Å². The van der Waals surface area contributed by atoms with Crippen molar-refractivity contribution in [3.8, 4) is 5.75 Å². The van der Waals surface area contributed by atoms with E-state index in [0.29, 0.717) is 51.5 Å². The van der Waals surface area contributed by atoms with E-state index in [4.69, 9.17) is 9.72 Å². The summed E-state index contributed by atoms with van der Waals surface area (Å²) in [5.41, 5.74) is 2.54. The van der Waals surface area contributed by atoms with Gasteiger partial charge in [-0.05, 0) is 89.1 Å². The fourth-order valence-electron chi connectivity index (χ4n) is 7.22. The smallest absolute Gasteiger partial charge is 0.226 e. The summed E-state index contributed by atoms with van der Waals surface area (Å²) in [6.07, 6.45) is 10.5.